The van der Waals surface area contributed by atoms with E-state index >= 15 is 0 Å². The summed E-state index contributed by atoms with van der Waals surface area (Å²) in [5.74, 6) is 0. The fourth-order valence-electron chi connectivity index (χ4n) is 1.30. The summed E-state index contributed by atoms with van der Waals surface area (Å²) in [6.45, 7) is 4.05. The van der Waals surface area contributed by atoms with Crippen molar-refractivity contribution < 1.29 is 4.79 Å². The van der Waals surface area contributed by atoms with Crippen LogP contribution in [-0.4, -0.2) is 4.82 Å². The van der Waals surface area contributed by atoms with Gasteiger partial charge in [-0.2, -0.15) is 0 Å². The van der Waals surface area contributed by atoms with Crippen LogP contribution in [0.25, 0.3) is 0 Å². The number of carbonyl (C=O) groups is 1. The Kier molecular flexibility index (Phi) is 3.48. The molecule has 1 rings (SSSR count). The van der Waals surface area contributed by atoms with Crippen molar-refractivity contribution in [2.45, 2.75) is 20.3 Å². The van der Waals surface area contributed by atoms with Gasteiger partial charge in [0.1, 0.15) is 0 Å². The fourth-order valence-corrected chi connectivity index (χ4v) is 1.50. The standard InChI is InChI=1S/C10H12BrNO/c1-3-8-6-4-5-7(2)9(8)12-10(11)13/h4-6H,3H2,1-2H3,(H,12,13). The van der Waals surface area contributed by atoms with Gasteiger partial charge in [-0.3, -0.25) is 4.79 Å². The molecule has 1 N–H and O–H groups in total. The molecule has 0 aliphatic heterocycles. The number of nitrogens with one attached hydrogen (secondary N) is 1. The minimum absolute atomic E-state index is 0.198. The third kappa shape index (κ3) is 2.56. The van der Waals surface area contributed by atoms with Crippen molar-refractivity contribution in [2.24, 2.45) is 0 Å². The van der Waals surface area contributed by atoms with E-state index in [1.54, 1.807) is 0 Å². The Morgan fingerprint density at radius 3 is 2.77 bits per heavy atom. The molecule has 0 fully saturated rings. The number of aryl methyl sites for hydroxylation is 2. The van der Waals surface area contributed by atoms with Crippen LogP contribution in [0.1, 0.15) is 18.1 Å². The van der Waals surface area contributed by atoms with Gasteiger partial charge < -0.3 is 5.32 Å². The topological polar surface area (TPSA) is 29.1 Å². The molecule has 0 aliphatic rings. The lowest BCUT2D eigenvalue weighted by molar-refractivity contribution is 0.270. The first-order valence-electron chi connectivity index (χ1n) is 4.20. The predicted molar refractivity (Wildman–Crippen MR) is 58.5 cm³/mol. The fraction of sp³-hybridized carbons (Fsp3) is 0.300. The second-order valence-corrected chi connectivity index (χ2v) is 3.58. The average molecular weight is 242 g/mol. The molecule has 1 amide bonds. The van der Waals surface area contributed by atoms with Crippen molar-refractivity contribution >= 4 is 26.4 Å². The molecule has 70 valence electrons. The number of halogens is 1. The Labute approximate surface area is 86.5 Å². The molecule has 0 aromatic heterocycles. The normalized spacial score (nSPS) is 9.77. The molecule has 0 spiro atoms. The zero-order chi connectivity index (χ0) is 9.84. The van der Waals surface area contributed by atoms with Gasteiger partial charge in [-0.05, 0) is 24.5 Å². The van der Waals surface area contributed by atoms with Gasteiger partial charge in [0, 0.05) is 21.6 Å². The van der Waals surface area contributed by atoms with E-state index in [0.29, 0.717) is 0 Å². The van der Waals surface area contributed by atoms with Gasteiger partial charge in [-0.25, -0.2) is 0 Å². The summed E-state index contributed by atoms with van der Waals surface area (Å²) in [7, 11) is 0. The number of carbonyl (C=O) groups excluding carboxylic acids is 1. The molecule has 0 unspecified atom stereocenters. The van der Waals surface area contributed by atoms with Crippen LogP contribution >= 0.6 is 15.9 Å². The molecule has 0 atom stereocenters. The first-order chi connectivity index (χ1) is 6.15. The minimum Gasteiger partial charge on any atom is -0.316 e. The van der Waals surface area contributed by atoms with Gasteiger partial charge in [-0.15, -0.1) is 0 Å². The summed E-state index contributed by atoms with van der Waals surface area (Å²) in [5.41, 5.74) is 3.17. The van der Waals surface area contributed by atoms with E-state index in [0.717, 1.165) is 23.2 Å². The highest BCUT2D eigenvalue weighted by Crippen LogP contribution is 2.21. The summed E-state index contributed by atoms with van der Waals surface area (Å²) >= 11 is 2.86. The molecule has 1 aromatic carbocycles. The van der Waals surface area contributed by atoms with Crippen LogP contribution in [0.4, 0.5) is 10.5 Å². The van der Waals surface area contributed by atoms with Crippen molar-refractivity contribution in [1.82, 2.24) is 0 Å². The third-order valence-electron chi connectivity index (χ3n) is 1.96. The summed E-state index contributed by atoms with van der Waals surface area (Å²) in [6, 6.07) is 6.00. The van der Waals surface area contributed by atoms with E-state index in [1.807, 2.05) is 25.1 Å². The molecular weight excluding hydrogens is 230 g/mol. The Balaban J connectivity index is 3.07. The highest BCUT2D eigenvalue weighted by atomic mass is 79.9. The first kappa shape index (κ1) is 10.3. The van der Waals surface area contributed by atoms with E-state index in [4.69, 9.17) is 0 Å². The van der Waals surface area contributed by atoms with Gasteiger partial charge in [-0.1, -0.05) is 25.1 Å². The number of anilines is 1. The van der Waals surface area contributed by atoms with Gasteiger partial charge in [0.05, 0.1) is 0 Å². The molecule has 1 aromatic rings. The molecule has 2 nitrogen and oxygen atoms in total. The molecular formula is C10H12BrNO. The van der Waals surface area contributed by atoms with Gasteiger partial charge >= 0.3 is 0 Å². The monoisotopic (exact) mass is 241 g/mol. The van der Waals surface area contributed by atoms with Crippen LogP contribution < -0.4 is 5.32 Å². The van der Waals surface area contributed by atoms with E-state index in [-0.39, 0.29) is 4.82 Å². The molecule has 0 radical (unpaired) electrons. The van der Waals surface area contributed by atoms with E-state index in [2.05, 4.69) is 28.2 Å². The average Bonchev–Trinajstić information content (AvgIpc) is 2.08. The Morgan fingerprint density at radius 1 is 1.54 bits per heavy atom. The van der Waals surface area contributed by atoms with E-state index in [1.165, 1.54) is 0 Å². The Hall–Kier alpha value is -0.830. The second kappa shape index (κ2) is 4.42. The van der Waals surface area contributed by atoms with Crippen LogP contribution in [0.3, 0.4) is 0 Å². The lowest BCUT2D eigenvalue weighted by atomic mass is 10.1. The molecule has 0 saturated heterocycles. The highest BCUT2D eigenvalue weighted by Gasteiger charge is 2.05. The summed E-state index contributed by atoms with van der Waals surface area (Å²) in [4.78, 5) is 10.6. The SMILES string of the molecule is CCc1cccc(C)c1NC(=O)Br. The first-order valence-corrected chi connectivity index (χ1v) is 4.99. The molecule has 0 heterocycles. The van der Waals surface area contributed by atoms with Gasteiger partial charge in [0.2, 0.25) is 0 Å². The Morgan fingerprint density at radius 2 is 2.23 bits per heavy atom. The number of rotatable bonds is 2. The smallest absolute Gasteiger partial charge is 0.291 e. The second-order valence-electron chi connectivity index (χ2n) is 2.86. The number of hydrogen-bond donors (Lipinski definition) is 1. The number of para-hydroxylation sites is 1. The van der Waals surface area contributed by atoms with Crippen LogP contribution in [-0.2, 0) is 6.42 Å². The minimum atomic E-state index is -0.198. The van der Waals surface area contributed by atoms with Gasteiger partial charge in [0.15, 0.2) is 0 Å². The highest BCUT2D eigenvalue weighted by molar-refractivity contribution is 9.18. The maximum absolute atomic E-state index is 10.8. The van der Waals surface area contributed by atoms with Crippen molar-refractivity contribution in [3.63, 3.8) is 0 Å². The molecule has 0 bridgehead atoms. The maximum atomic E-state index is 10.8. The van der Waals surface area contributed by atoms with Crippen molar-refractivity contribution in [1.29, 1.82) is 0 Å². The van der Waals surface area contributed by atoms with Crippen molar-refractivity contribution in [3.05, 3.63) is 29.3 Å². The zero-order valence-corrected chi connectivity index (χ0v) is 9.31. The van der Waals surface area contributed by atoms with Crippen LogP contribution in [0.15, 0.2) is 18.2 Å². The molecule has 0 saturated carbocycles. The largest absolute Gasteiger partial charge is 0.316 e. The lowest BCUT2D eigenvalue weighted by Gasteiger charge is -2.10. The number of hydrogen-bond acceptors (Lipinski definition) is 1. The van der Waals surface area contributed by atoms with Crippen LogP contribution in [0.2, 0.25) is 0 Å². The third-order valence-corrected chi connectivity index (χ3v) is 2.16. The number of amides is 1. The number of benzene rings is 1. The Bertz CT molecular complexity index is 323. The van der Waals surface area contributed by atoms with Crippen molar-refractivity contribution in [2.75, 3.05) is 5.32 Å². The molecule has 13 heavy (non-hydrogen) atoms. The van der Waals surface area contributed by atoms with Crippen LogP contribution in [0, 0.1) is 6.92 Å². The van der Waals surface area contributed by atoms with E-state index in [9.17, 15) is 4.79 Å². The quantitative estimate of drug-likeness (QED) is 0.624. The van der Waals surface area contributed by atoms with E-state index < -0.39 is 0 Å². The summed E-state index contributed by atoms with van der Waals surface area (Å²) in [5, 5.41) is 2.77. The summed E-state index contributed by atoms with van der Waals surface area (Å²) in [6.07, 6.45) is 0.921. The maximum Gasteiger partial charge on any atom is 0.291 e. The van der Waals surface area contributed by atoms with Crippen molar-refractivity contribution in [3.8, 4) is 0 Å². The zero-order valence-electron chi connectivity index (χ0n) is 7.73. The molecule has 0 aliphatic carbocycles. The van der Waals surface area contributed by atoms with Gasteiger partial charge in [0.25, 0.3) is 4.82 Å². The predicted octanol–water partition coefficient (Wildman–Crippen LogP) is 3.48. The van der Waals surface area contributed by atoms with Crippen LogP contribution in [0.5, 0.6) is 0 Å². The summed E-state index contributed by atoms with van der Waals surface area (Å²) < 4.78 is 0. The molecule has 3 heteroatoms. The lowest BCUT2D eigenvalue weighted by Crippen LogP contribution is -2.05.